The van der Waals surface area contributed by atoms with Gasteiger partial charge >= 0.3 is 0 Å². The summed E-state index contributed by atoms with van der Waals surface area (Å²) in [5.74, 6) is 0.863. The number of amides is 1. The fourth-order valence-corrected chi connectivity index (χ4v) is 5.37. The number of nitrogens with one attached hydrogen (secondary N) is 1. The topological polar surface area (TPSA) is 71.1 Å². The van der Waals surface area contributed by atoms with Gasteiger partial charge in [-0.1, -0.05) is 18.2 Å². The molecule has 9 heteroatoms. The van der Waals surface area contributed by atoms with Crippen LogP contribution in [0.5, 0.6) is 5.75 Å². The van der Waals surface area contributed by atoms with E-state index in [1.165, 1.54) is 17.4 Å². The number of aromatic amines is 1. The first-order chi connectivity index (χ1) is 15.8. The van der Waals surface area contributed by atoms with Crippen molar-refractivity contribution < 1.29 is 13.9 Å². The number of thiazole rings is 1. The van der Waals surface area contributed by atoms with E-state index in [0.29, 0.717) is 33.8 Å². The van der Waals surface area contributed by atoms with Gasteiger partial charge < -0.3 is 14.6 Å². The van der Waals surface area contributed by atoms with Crippen molar-refractivity contribution in [1.82, 2.24) is 19.9 Å². The van der Waals surface area contributed by atoms with Gasteiger partial charge in [0.05, 0.1) is 38.5 Å². The number of likely N-dealkylation sites (tertiary alicyclic amines) is 1. The number of H-pyrrole nitrogens is 1. The Bertz CT molecular complexity index is 1410. The van der Waals surface area contributed by atoms with Crippen molar-refractivity contribution in [1.29, 1.82) is 0 Å². The smallest absolute Gasteiger partial charge is 0.274 e. The molecular formula is C24H20BrFN4O2S. The first-order valence-electron chi connectivity index (χ1n) is 10.3. The summed E-state index contributed by atoms with van der Waals surface area (Å²) in [6.07, 6.45) is 0.614. The van der Waals surface area contributed by atoms with E-state index in [9.17, 15) is 9.18 Å². The Morgan fingerprint density at radius 3 is 2.88 bits per heavy atom. The second-order valence-electron chi connectivity index (χ2n) is 7.95. The predicted octanol–water partition coefficient (Wildman–Crippen LogP) is 6.05. The van der Waals surface area contributed by atoms with Gasteiger partial charge in [-0.2, -0.15) is 0 Å². The molecule has 1 N–H and O–H groups in total. The number of aromatic nitrogens is 3. The van der Waals surface area contributed by atoms with Gasteiger partial charge in [0.15, 0.2) is 0 Å². The quantitative estimate of drug-likeness (QED) is 0.328. The number of hydrogen-bond donors (Lipinski definition) is 1. The zero-order valence-corrected chi connectivity index (χ0v) is 20.4. The summed E-state index contributed by atoms with van der Waals surface area (Å²) in [5.41, 5.74) is 3.69. The van der Waals surface area contributed by atoms with Crippen molar-refractivity contribution in [3.63, 3.8) is 0 Å². The molecule has 33 heavy (non-hydrogen) atoms. The molecule has 1 aliphatic heterocycles. The number of hydrogen-bond acceptors (Lipinski definition) is 5. The minimum Gasteiger partial charge on any atom is -0.497 e. The van der Waals surface area contributed by atoms with Crippen molar-refractivity contribution in [3.05, 3.63) is 75.4 Å². The van der Waals surface area contributed by atoms with Gasteiger partial charge in [-0.05, 0) is 59.1 Å². The van der Waals surface area contributed by atoms with Gasteiger partial charge in [0.1, 0.15) is 23.1 Å². The average Bonchev–Trinajstić information content (AvgIpc) is 3.50. The van der Waals surface area contributed by atoms with Crippen LogP contribution >= 0.6 is 27.3 Å². The molecule has 4 aromatic rings. The minimum absolute atomic E-state index is 0.198. The summed E-state index contributed by atoms with van der Waals surface area (Å²) >= 11 is 4.65. The largest absolute Gasteiger partial charge is 0.497 e. The highest BCUT2D eigenvalue weighted by Crippen LogP contribution is 2.38. The van der Waals surface area contributed by atoms with Crippen LogP contribution in [-0.2, 0) is 0 Å². The normalized spacial score (nSPS) is 16.1. The zero-order chi connectivity index (χ0) is 23.3. The van der Waals surface area contributed by atoms with E-state index in [-0.39, 0.29) is 17.8 Å². The fraction of sp³-hybridized carbons (Fsp3) is 0.208. The van der Waals surface area contributed by atoms with Crippen LogP contribution in [0.15, 0.2) is 53.0 Å². The zero-order valence-electron chi connectivity index (χ0n) is 18.0. The van der Waals surface area contributed by atoms with E-state index in [0.717, 1.165) is 32.9 Å². The molecule has 3 heterocycles. The third kappa shape index (κ3) is 3.95. The Hall–Kier alpha value is -3.04. The Kier molecular flexibility index (Phi) is 5.54. The molecule has 2 aromatic heterocycles. The molecule has 0 radical (unpaired) electrons. The summed E-state index contributed by atoms with van der Waals surface area (Å²) in [7, 11) is 1.61. The summed E-state index contributed by atoms with van der Waals surface area (Å²) < 4.78 is 19.4. The van der Waals surface area contributed by atoms with Crippen LogP contribution in [0.1, 0.15) is 33.8 Å². The number of nitrogens with zero attached hydrogens (tertiary/aromatic N) is 3. The summed E-state index contributed by atoms with van der Waals surface area (Å²) in [6.45, 7) is 6.40. The summed E-state index contributed by atoms with van der Waals surface area (Å²) in [4.78, 5) is 28.8. The van der Waals surface area contributed by atoms with Crippen LogP contribution in [0.4, 0.5) is 4.39 Å². The lowest BCUT2D eigenvalue weighted by Gasteiger charge is -2.22. The molecule has 1 amide bonds. The van der Waals surface area contributed by atoms with E-state index >= 15 is 0 Å². The lowest BCUT2D eigenvalue weighted by molar-refractivity contribution is 0.0728. The van der Waals surface area contributed by atoms with Crippen molar-refractivity contribution >= 4 is 44.2 Å². The minimum atomic E-state index is -0.356. The Balaban J connectivity index is 1.53. The summed E-state index contributed by atoms with van der Waals surface area (Å²) in [5, 5.41) is 0.763. The second-order valence-corrected chi connectivity index (χ2v) is 10.0. The highest BCUT2D eigenvalue weighted by Gasteiger charge is 2.36. The fourth-order valence-electron chi connectivity index (χ4n) is 4.09. The van der Waals surface area contributed by atoms with Crippen LogP contribution in [0, 0.1) is 12.7 Å². The molecule has 5 rings (SSSR count). The number of carbonyl (C=O) groups is 1. The monoisotopic (exact) mass is 526 g/mol. The van der Waals surface area contributed by atoms with Crippen LogP contribution in [0.3, 0.4) is 0 Å². The molecule has 1 fully saturated rings. The highest BCUT2D eigenvalue weighted by molar-refractivity contribution is 9.10. The van der Waals surface area contributed by atoms with Gasteiger partial charge in [0.2, 0.25) is 0 Å². The molecule has 0 unspecified atom stereocenters. The molecule has 0 saturated carbocycles. The van der Waals surface area contributed by atoms with Crippen LogP contribution < -0.4 is 4.74 Å². The van der Waals surface area contributed by atoms with Gasteiger partial charge in [-0.15, -0.1) is 11.3 Å². The van der Waals surface area contributed by atoms with E-state index in [1.54, 1.807) is 24.1 Å². The van der Waals surface area contributed by atoms with Crippen molar-refractivity contribution in [2.24, 2.45) is 0 Å². The van der Waals surface area contributed by atoms with E-state index in [1.807, 2.05) is 25.1 Å². The van der Waals surface area contributed by atoms with Gasteiger partial charge in [-0.3, -0.25) is 4.79 Å². The van der Waals surface area contributed by atoms with E-state index < -0.39 is 0 Å². The molecular weight excluding hydrogens is 507 g/mol. The first kappa shape index (κ1) is 21.8. The molecule has 1 atom stereocenters. The van der Waals surface area contributed by atoms with Gasteiger partial charge in [0.25, 0.3) is 5.91 Å². The van der Waals surface area contributed by atoms with Crippen molar-refractivity contribution in [3.8, 4) is 16.2 Å². The lowest BCUT2D eigenvalue weighted by atomic mass is 10.1. The number of halogens is 2. The molecule has 168 valence electrons. The highest BCUT2D eigenvalue weighted by atomic mass is 79.9. The van der Waals surface area contributed by atoms with Gasteiger partial charge in [0, 0.05) is 12.6 Å². The molecule has 0 aliphatic carbocycles. The number of fused-ring (bicyclic) bond motifs is 1. The van der Waals surface area contributed by atoms with Crippen LogP contribution in [0.25, 0.3) is 21.5 Å². The first-order valence-corrected chi connectivity index (χ1v) is 11.9. The van der Waals surface area contributed by atoms with Gasteiger partial charge in [-0.25, -0.2) is 14.4 Å². The molecule has 1 saturated heterocycles. The van der Waals surface area contributed by atoms with Crippen molar-refractivity contribution in [2.45, 2.75) is 19.4 Å². The average molecular weight is 527 g/mol. The number of carbonyl (C=O) groups excluding carboxylic acids is 1. The maximum Gasteiger partial charge on any atom is 0.274 e. The van der Waals surface area contributed by atoms with Crippen LogP contribution in [-0.4, -0.2) is 39.4 Å². The maximum atomic E-state index is 13.8. The number of aryl methyl sites for hydroxylation is 1. The third-order valence-corrected chi connectivity index (χ3v) is 7.28. The Morgan fingerprint density at radius 1 is 1.30 bits per heavy atom. The second kappa shape index (κ2) is 8.39. The maximum absolute atomic E-state index is 13.8. The van der Waals surface area contributed by atoms with E-state index in [2.05, 4.69) is 32.5 Å². The molecule has 1 aliphatic rings. The van der Waals surface area contributed by atoms with Crippen molar-refractivity contribution in [2.75, 3.05) is 13.7 Å². The summed E-state index contributed by atoms with van der Waals surface area (Å²) in [6, 6.07) is 10.1. The molecule has 2 aromatic carbocycles. The van der Waals surface area contributed by atoms with E-state index in [4.69, 9.17) is 9.72 Å². The molecule has 6 nitrogen and oxygen atoms in total. The standard InChI is InChI=1S/C24H20BrFN4O2S/c1-12-8-20(23-28-18-7-5-15(32-3)10-19(18)29-23)30(11-12)24(31)21-22(33-13(2)27-21)14-4-6-17(26)16(25)9-14/h4-7,9-10,20H,1,8,11H2,2-3H3,(H,28,29)/t20-/m0/s1. The number of imidazole rings is 1. The number of methoxy groups -OCH3 is 1. The lowest BCUT2D eigenvalue weighted by Crippen LogP contribution is -2.31. The number of rotatable bonds is 4. The Labute approximate surface area is 202 Å². The predicted molar refractivity (Wildman–Crippen MR) is 130 cm³/mol. The van der Waals surface area contributed by atoms with Crippen LogP contribution in [0.2, 0.25) is 0 Å². The number of ether oxygens (including phenoxy) is 1. The SMILES string of the molecule is C=C1C[C@@H](c2nc3cc(OC)ccc3[nH]2)N(C(=O)c2nc(C)sc2-c2ccc(F)c(Br)c2)C1. The Morgan fingerprint density at radius 2 is 2.12 bits per heavy atom. The number of benzene rings is 2. The molecule has 0 bridgehead atoms. The molecule has 0 spiro atoms. The third-order valence-electron chi connectivity index (χ3n) is 5.66.